The molecule has 0 amide bonds. The minimum absolute atomic E-state index is 0. The predicted octanol–water partition coefficient (Wildman–Crippen LogP) is -0.581. The zero-order valence-corrected chi connectivity index (χ0v) is 11.8. The minimum Gasteiger partial charge on any atom is -0.748 e. The Morgan fingerprint density at radius 2 is 1.62 bits per heavy atom. The van der Waals surface area contributed by atoms with Gasteiger partial charge in [-0.3, -0.25) is 0 Å². The maximum Gasteiger partial charge on any atom is 1.00 e. The Morgan fingerprint density at radius 1 is 1.10 bits per heavy atom. The van der Waals surface area contributed by atoms with E-state index in [9.17, 15) is 26.1 Å². The van der Waals surface area contributed by atoms with Crippen LogP contribution in [-0.2, 0) is 10.1 Å². The van der Waals surface area contributed by atoms with Crippen LogP contribution < -0.4 is 28.3 Å². The van der Waals surface area contributed by atoms with Gasteiger partial charge in [-0.25, -0.2) is 8.42 Å². The third-order valence-electron chi connectivity index (χ3n) is 1.99. The molecular weight excluding hydrogens is 308 g/mol. The zero-order valence-electron chi connectivity index (χ0n) is 11.0. The van der Waals surface area contributed by atoms with Gasteiger partial charge in [-0.05, 0) is 30.7 Å². The van der Waals surface area contributed by atoms with Crippen molar-refractivity contribution in [3.05, 3.63) is 36.4 Å². The maximum absolute atomic E-state index is 12.5. The second kappa shape index (κ2) is 8.99. The first-order chi connectivity index (χ1) is 9.28. The molecule has 0 spiro atoms. The Hall–Kier alpha value is -1.14. The topological polar surface area (TPSA) is 75.7 Å². The van der Waals surface area contributed by atoms with E-state index < -0.39 is 28.0 Å². The smallest absolute Gasteiger partial charge is 0.748 e. The SMILES string of the molecule is O=S(=O)([O-])CCCOc1ccc(OC(F)=C(F)F)cc1.[Li+]. The van der Waals surface area contributed by atoms with Gasteiger partial charge in [0.2, 0.25) is 0 Å². The van der Waals surface area contributed by atoms with Crippen molar-refractivity contribution >= 4 is 10.1 Å². The van der Waals surface area contributed by atoms with Gasteiger partial charge in [-0.15, -0.1) is 0 Å². The molecule has 112 valence electrons. The fourth-order valence-corrected chi connectivity index (χ4v) is 1.64. The largest absolute Gasteiger partial charge is 1.00 e. The van der Waals surface area contributed by atoms with E-state index in [1.807, 2.05) is 0 Å². The number of ether oxygens (including phenoxy) is 2. The molecule has 0 N–H and O–H groups in total. The van der Waals surface area contributed by atoms with E-state index in [4.69, 9.17) is 4.74 Å². The summed E-state index contributed by atoms with van der Waals surface area (Å²) in [6, 6.07) is 3.05. The zero-order chi connectivity index (χ0) is 15.2. The monoisotopic (exact) mass is 318 g/mol. The van der Waals surface area contributed by atoms with Gasteiger partial charge in [0, 0.05) is 5.75 Å². The molecule has 21 heavy (non-hydrogen) atoms. The number of hydrogen-bond donors (Lipinski definition) is 0. The van der Waals surface area contributed by atoms with E-state index in [2.05, 4.69) is 4.74 Å². The third kappa shape index (κ3) is 8.67. The van der Waals surface area contributed by atoms with Crippen LogP contribution in [0, 0.1) is 0 Å². The van der Waals surface area contributed by atoms with Crippen LogP contribution in [0.4, 0.5) is 13.2 Å². The van der Waals surface area contributed by atoms with Crippen LogP contribution in [0.15, 0.2) is 36.4 Å². The molecule has 0 aromatic heterocycles. The molecular formula is C11H10F3LiO5S. The molecule has 1 aromatic carbocycles. The van der Waals surface area contributed by atoms with Crippen LogP contribution >= 0.6 is 0 Å². The van der Waals surface area contributed by atoms with Crippen molar-refractivity contribution in [1.29, 1.82) is 0 Å². The van der Waals surface area contributed by atoms with Crippen LogP contribution in [0.2, 0.25) is 0 Å². The van der Waals surface area contributed by atoms with Crippen molar-refractivity contribution < 1.29 is 54.5 Å². The van der Waals surface area contributed by atoms with Crippen molar-refractivity contribution in [2.45, 2.75) is 6.42 Å². The average molecular weight is 318 g/mol. The fourth-order valence-electron chi connectivity index (χ4n) is 1.17. The summed E-state index contributed by atoms with van der Waals surface area (Å²) < 4.78 is 76.2. The molecule has 1 aromatic rings. The molecule has 0 saturated heterocycles. The normalized spacial score (nSPS) is 10.5. The van der Waals surface area contributed by atoms with Crippen molar-refractivity contribution in [1.82, 2.24) is 0 Å². The van der Waals surface area contributed by atoms with Crippen LogP contribution in [0.3, 0.4) is 0 Å². The minimum atomic E-state index is -4.27. The van der Waals surface area contributed by atoms with Crippen molar-refractivity contribution in [3.63, 3.8) is 0 Å². The Balaban J connectivity index is 0.00000400. The van der Waals surface area contributed by atoms with Crippen LogP contribution in [0.5, 0.6) is 11.5 Å². The van der Waals surface area contributed by atoms with E-state index in [0.717, 1.165) is 0 Å². The summed E-state index contributed by atoms with van der Waals surface area (Å²) in [6.45, 7) is -0.00491. The van der Waals surface area contributed by atoms with Crippen LogP contribution in [-0.4, -0.2) is 25.3 Å². The van der Waals surface area contributed by atoms with Gasteiger partial charge in [0.25, 0.3) is 0 Å². The first kappa shape index (κ1) is 19.9. The van der Waals surface area contributed by atoms with E-state index in [1.54, 1.807) is 0 Å². The quantitative estimate of drug-likeness (QED) is 0.291. The summed E-state index contributed by atoms with van der Waals surface area (Å²) in [5, 5.41) is 0. The molecule has 0 unspecified atom stereocenters. The predicted molar refractivity (Wildman–Crippen MR) is 62.1 cm³/mol. The first-order valence-corrected chi connectivity index (χ1v) is 6.91. The van der Waals surface area contributed by atoms with Gasteiger partial charge in [-0.2, -0.15) is 13.2 Å². The molecule has 0 bridgehead atoms. The summed E-state index contributed by atoms with van der Waals surface area (Å²) in [4.78, 5) is 0. The number of hydrogen-bond acceptors (Lipinski definition) is 5. The van der Waals surface area contributed by atoms with Crippen molar-refractivity contribution in [2.24, 2.45) is 0 Å². The fraction of sp³-hybridized carbons (Fsp3) is 0.273. The average Bonchev–Trinajstić information content (AvgIpc) is 2.35. The van der Waals surface area contributed by atoms with Gasteiger partial charge in [0.05, 0.1) is 16.7 Å². The Bertz CT molecular complexity index is 570. The molecule has 0 aliphatic rings. The summed E-state index contributed by atoms with van der Waals surface area (Å²) in [6.07, 6.45) is -2.54. The molecule has 0 aliphatic heterocycles. The van der Waals surface area contributed by atoms with Gasteiger partial charge in [0.15, 0.2) is 0 Å². The summed E-state index contributed by atoms with van der Waals surface area (Å²) in [5.74, 6) is -0.393. The van der Waals surface area contributed by atoms with Gasteiger partial charge < -0.3 is 14.0 Å². The molecule has 1 rings (SSSR count). The van der Waals surface area contributed by atoms with E-state index in [1.165, 1.54) is 24.3 Å². The first-order valence-electron chi connectivity index (χ1n) is 5.33. The number of benzene rings is 1. The number of halogens is 3. The Morgan fingerprint density at radius 3 is 2.10 bits per heavy atom. The van der Waals surface area contributed by atoms with E-state index in [-0.39, 0.29) is 37.6 Å². The van der Waals surface area contributed by atoms with Crippen molar-refractivity contribution in [2.75, 3.05) is 12.4 Å². The maximum atomic E-state index is 12.5. The Labute approximate surface area is 131 Å². The summed E-state index contributed by atoms with van der Waals surface area (Å²) in [7, 11) is -4.27. The van der Waals surface area contributed by atoms with Crippen LogP contribution in [0.25, 0.3) is 0 Å². The molecule has 0 heterocycles. The van der Waals surface area contributed by atoms with Crippen LogP contribution in [0.1, 0.15) is 6.42 Å². The number of rotatable bonds is 7. The summed E-state index contributed by atoms with van der Waals surface area (Å²) in [5.41, 5.74) is 0. The molecule has 0 radical (unpaired) electrons. The molecule has 0 saturated carbocycles. The van der Waals surface area contributed by atoms with E-state index >= 15 is 0 Å². The second-order valence-corrected chi connectivity index (χ2v) is 5.10. The van der Waals surface area contributed by atoms with Gasteiger partial charge in [0.1, 0.15) is 11.5 Å². The van der Waals surface area contributed by atoms with Crippen molar-refractivity contribution in [3.8, 4) is 11.5 Å². The standard InChI is InChI=1S/C11H11F3O5S.Li/c12-10(13)11(14)19-9-4-2-8(3-5-9)18-6-1-7-20(15,16)17;/h2-5H,1,6-7H2,(H,15,16,17);/q;+1/p-1. The second-order valence-electron chi connectivity index (χ2n) is 3.57. The molecule has 10 heteroatoms. The molecule has 5 nitrogen and oxygen atoms in total. The molecule has 0 aliphatic carbocycles. The molecule has 0 atom stereocenters. The third-order valence-corrected chi connectivity index (χ3v) is 2.78. The Kier molecular flexibility index (Phi) is 8.50. The summed E-state index contributed by atoms with van der Waals surface area (Å²) >= 11 is 0. The van der Waals surface area contributed by atoms with Gasteiger partial charge in [-0.1, -0.05) is 0 Å². The van der Waals surface area contributed by atoms with E-state index in [0.29, 0.717) is 5.75 Å². The van der Waals surface area contributed by atoms with Gasteiger partial charge >= 0.3 is 31.0 Å². The molecule has 0 fully saturated rings.